The first-order valence-electron chi connectivity index (χ1n) is 10.6. The molecule has 0 saturated heterocycles. The summed E-state index contributed by atoms with van der Waals surface area (Å²) in [6.45, 7) is 3.58. The van der Waals surface area contributed by atoms with Crippen molar-refractivity contribution in [2.24, 2.45) is 11.7 Å². The molecule has 32 heavy (non-hydrogen) atoms. The predicted molar refractivity (Wildman–Crippen MR) is 121 cm³/mol. The number of rotatable bonds is 11. The zero-order valence-electron chi connectivity index (χ0n) is 18.3. The Kier molecular flexibility index (Phi) is 9.22. The molecule has 172 valence electrons. The van der Waals surface area contributed by atoms with Gasteiger partial charge in [-0.05, 0) is 35.6 Å². The molecule has 0 bridgehead atoms. The molecule has 0 saturated carbocycles. The highest BCUT2D eigenvalue weighted by Gasteiger charge is 2.30. The van der Waals surface area contributed by atoms with Crippen LogP contribution in [0.1, 0.15) is 31.4 Å². The maximum atomic E-state index is 13.0. The van der Waals surface area contributed by atoms with Gasteiger partial charge in [0.15, 0.2) is 0 Å². The Morgan fingerprint density at radius 3 is 2.06 bits per heavy atom. The average Bonchev–Trinajstić information content (AvgIpc) is 2.78. The van der Waals surface area contributed by atoms with Crippen molar-refractivity contribution in [3.8, 4) is 5.75 Å². The zero-order chi connectivity index (χ0) is 23.7. The van der Waals surface area contributed by atoms with Crippen LogP contribution in [-0.2, 0) is 27.2 Å². The number of phenolic OH excluding ortho intramolecular Hbond substituents is 1. The van der Waals surface area contributed by atoms with Crippen LogP contribution in [0.2, 0.25) is 0 Å². The van der Waals surface area contributed by atoms with Crippen LogP contribution in [0.5, 0.6) is 5.75 Å². The molecular weight excluding hydrogens is 410 g/mol. The van der Waals surface area contributed by atoms with Crippen molar-refractivity contribution < 1.29 is 24.6 Å². The number of nitrogens with one attached hydrogen (secondary N) is 2. The summed E-state index contributed by atoms with van der Waals surface area (Å²) in [4.78, 5) is 37.4. The van der Waals surface area contributed by atoms with Crippen LogP contribution in [-0.4, -0.2) is 46.1 Å². The summed E-state index contributed by atoms with van der Waals surface area (Å²) in [5.41, 5.74) is 7.64. The lowest BCUT2D eigenvalue weighted by atomic mass is 9.98. The number of carboxylic acid groups (broad SMARTS) is 1. The number of amides is 2. The maximum absolute atomic E-state index is 13.0. The molecule has 0 fully saturated rings. The molecule has 8 heteroatoms. The third kappa shape index (κ3) is 7.39. The van der Waals surface area contributed by atoms with E-state index in [-0.39, 0.29) is 18.1 Å². The summed E-state index contributed by atoms with van der Waals surface area (Å²) in [7, 11) is 0. The second kappa shape index (κ2) is 11.9. The van der Waals surface area contributed by atoms with Gasteiger partial charge >= 0.3 is 5.97 Å². The number of carbonyl (C=O) groups is 3. The van der Waals surface area contributed by atoms with E-state index in [9.17, 15) is 24.6 Å². The molecule has 0 aliphatic carbocycles. The fraction of sp³-hybridized carbons (Fsp3) is 0.375. The van der Waals surface area contributed by atoms with E-state index in [0.29, 0.717) is 18.4 Å². The number of hydrogen-bond donors (Lipinski definition) is 5. The zero-order valence-corrected chi connectivity index (χ0v) is 18.3. The van der Waals surface area contributed by atoms with Crippen LogP contribution in [0, 0.1) is 5.92 Å². The molecule has 2 amide bonds. The van der Waals surface area contributed by atoms with E-state index in [1.54, 1.807) is 19.1 Å². The minimum absolute atomic E-state index is 0.0754. The van der Waals surface area contributed by atoms with Crippen LogP contribution in [0.15, 0.2) is 54.6 Å². The minimum Gasteiger partial charge on any atom is -0.508 e. The topological polar surface area (TPSA) is 142 Å². The van der Waals surface area contributed by atoms with E-state index in [0.717, 1.165) is 5.56 Å². The molecule has 0 aliphatic rings. The van der Waals surface area contributed by atoms with Gasteiger partial charge in [0, 0.05) is 6.42 Å². The Morgan fingerprint density at radius 1 is 0.906 bits per heavy atom. The fourth-order valence-corrected chi connectivity index (χ4v) is 3.25. The van der Waals surface area contributed by atoms with E-state index in [2.05, 4.69) is 10.6 Å². The number of hydrogen-bond acceptors (Lipinski definition) is 5. The van der Waals surface area contributed by atoms with Crippen LogP contribution in [0.3, 0.4) is 0 Å². The van der Waals surface area contributed by atoms with E-state index < -0.39 is 35.9 Å². The largest absolute Gasteiger partial charge is 0.508 e. The third-order valence-electron chi connectivity index (χ3n) is 5.42. The normalized spacial score (nSPS) is 14.6. The van der Waals surface area contributed by atoms with E-state index >= 15 is 0 Å². The first-order valence-corrected chi connectivity index (χ1v) is 10.6. The minimum atomic E-state index is -1.14. The highest BCUT2D eigenvalue weighted by molar-refractivity contribution is 5.92. The van der Waals surface area contributed by atoms with Crippen LogP contribution in [0.4, 0.5) is 0 Å². The van der Waals surface area contributed by atoms with E-state index in [1.165, 1.54) is 12.1 Å². The maximum Gasteiger partial charge on any atom is 0.326 e. The standard InChI is InChI=1S/C24H31N3O5/c1-3-15(2)21(24(31)32)27-23(30)20(14-17-9-11-18(28)12-10-17)26-22(29)19(25)13-16-7-5-4-6-8-16/h4-12,15,19-21,28H,3,13-14,25H2,1-2H3,(H,26,29)(H,27,30)(H,31,32). The molecule has 2 aromatic rings. The molecule has 0 radical (unpaired) electrons. The van der Waals surface area contributed by atoms with Crippen LogP contribution >= 0.6 is 0 Å². The summed E-state index contributed by atoms with van der Waals surface area (Å²) in [5.74, 6) is -2.47. The highest BCUT2D eigenvalue weighted by atomic mass is 16.4. The quantitative estimate of drug-likeness (QED) is 0.359. The Morgan fingerprint density at radius 2 is 1.50 bits per heavy atom. The molecule has 0 aliphatic heterocycles. The highest BCUT2D eigenvalue weighted by Crippen LogP contribution is 2.13. The molecule has 4 unspecified atom stereocenters. The van der Waals surface area contributed by atoms with E-state index in [1.807, 2.05) is 37.3 Å². The number of phenols is 1. The van der Waals surface area contributed by atoms with Gasteiger partial charge in [0.05, 0.1) is 6.04 Å². The second-order valence-corrected chi connectivity index (χ2v) is 7.94. The monoisotopic (exact) mass is 441 g/mol. The number of carboxylic acids is 1. The van der Waals surface area contributed by atoms with Gasteiger partial charge in [0.1, 0.15) is 17.8 Å². The molecule has 2 aromatic carbocycles. The van der Waals surface area contributed by atoms with Crippen molar-refractivity contribution in [3.63, 3.8) is 0 Å². The smallest absolute Gasteiger partial charge is 0.326 e. The summed E-state index contributed by atoms with van der Waals surface area (Å²) < 4.78 is 0. The van der Waals surface area contributed by atoms with Gasteiger partial charge in [-0.25, -0.2) is 4.79 Å². The van der Waals surface area contributed by atoms with Crippen molar-refractivity contribution in [1.29, 1.82) is 0 Å². The van der Waals surface area contributed by atoms with Crippen molar-refractivity contribution in [1.82, 2.24) is 10.6 Å². The van der Waals surface area contributed by atoms with Gasteiger partial charge in [0.25, 0.3) is 0 Å². The average molecular weight is 442 g/mol. The summed E-state index contributed by atoms with van der Waals surface area (Å²) in [5, 5.41) is 24.2. The third-order valence-corrected chi connectivity index (χ3v) is 5.42. The molecule has 2 rings (SSSR count). The Balaban J connectivity index is 2.17. The fourth-order valence-electron chi connectivity index (χ4n) is 3.25. The van der Waals surface area contributed by atoms with Crippen molar-refractivity contribution in [2.45, 2.75) is 51.2 Å². The first kappa shape index (κ1) is 24.9. The SMILES string of the molecule is CCC(C)C(NC(=O)C(Cc1ccc(O)cc1)NC(=O)C(N)Cc1ccccc1)C(=O)O. The Labute approximate surface area is 187 Å². The predicted octanol–water partition coefficient (Wildman–Crippen LogP) is 1.61. The Hall–Kier alpha value is -3.39. The van der Waals surface area contributed by atoms with Gasteiger partial charge in [-0.2, -0.15) is 0 Å². The molecular formula is C24H31N3O5. The Bertz CT molecular complexity index is 902. The molecule has 0 aromatic heterocycles. The second-order valence-electron chi connectivity index (χ2n) is 7.94. The number of benzene rings is 2. The number of carbonyl (C=O) groups excluding carboxylic acids is 2. The lowest BCUT2D eigenvalue weighted by molar-refractivity contribution is -0.143. The van der Waals surface area contributed by atoms with Crippen molar-refractivity contribution >= 4 is 17.8 Å². The molecule has 8 nitrogen and oxygen atoms in total. The summed E-state index contributed by atoms with van der Waals surface area (Å²) >= 11 is 0. The van der Waals surface area contributed by atoms with Gasteiger partial charge in [-0.3, -0.25) is 9.59 Å². The van der Waals surface area contributed by atoms with Crippen molar-refractivity contribution in [3.05, 3.63) is 65.7 Å². The molecule has 0 heterocycles. The van der Waals surface area contributed by atoms with Gasteiger partial charge in [-0.1, -0.05) is 62.7 Å². The van der Waals surface area contributed by atoms with Gasteiger partial charge in [-0.15, -0.1) is 0 Å². The van der Waals surface area contributed by atoms with Crippen LogP contribution < -0.4 is 16.4 Å². The summed E-state index contributed by atoms with van der Waals surface area (Å²) in [6.07, 6.45) is 0.974. The van der Waals surface area contributed by atoms with Gasteiger partial charge in [0.2, 0.25) is 11.8 Å². The van der Waals surface area contributed by atoms with Crippen molar-refractivity contribution in [2.75, 3.05) is 0 Å². The first-order chi connectivity index (χ1) is 15.2. The van der Waals surface area contributed by atoms with Crippen LogP contribution in [0.25, 0.3) is 0 Å². The van der Waals surface area contributed by atoms with Gasteiger partial charge < -0.3 is 26.6 Å². The lowest BCUT2D eigenvalue weighted by Gasteiger charge is -2.25. The van der Waals surface area contributed by atoms with E-state index in [4.69, 9.17) is 5.73 Å². The lowest BCUT2D eigenvalue weighted by Crippen LogP contribution is -2.56. The number of aromatic hydroxyl groups is 1. The molecule has 6 N–H and O–H groups in total. The number of aliphatic carboxylic acids is 1. The summed E-state index contributed by atoms with van der Waals surface area (Å²) in [6, 6.07) is 12.5. The molecule has 0 spiro atoms. The molecule has 4 atom stereocenters. The number of nitrogens with two attached hydrogens (primary N) is 1.